The summed E-state index contributed by atoms with van der Waals surface area (Å²) in [4.78, 5) is 85.9. The largest absolute Gasteiger partial charge is 0.458 e. The number of hydrogen-bond donors (Lipinski definition) is 4. The highest BCUT2D eigenvalue weighted by atomic mass is 16.6. The molecule has 6 amide bonds. The van der Waals surface area contributed by atoms with E-state index in [2.05, 4.69) is 21.3 Å². The van der Waals surface area contributed by atoms with E-state index in [0.29, 0.717) is 45.1 Å². The van der Waals surface area contributed by atoms with E-state index in [4.69, 9.17) is 4.74 Å². The summed E-state index contributed by atoms with van der Waals surface area (Å²) in [6.45, 7) is 10.9. The quantitative estimate of drug-likeness (QED) is 0.0737. The third kappa shape index (κ3) is 13.7. The number of unbranched alkanes of at least 4 members (excludes halogenated alkanes) is 3. The van der Waals surface area contributed by atoms with Gasteiger partial charge in [-0.1, -0.05) is 20.3 Å². The van der Waals surface area contributed by atoms with Gasteiger partial charge in [0.15, 0.2) is 0 Å². The zero-order chi connectivity index (χ0) is 31.9. The molecule has 0 aliphatic carbocycles. The lowest BCUT2D eigenvalue weighted by atomic mass is 10.0. The second-order valence-corrected chi connectivity index (χ2v) is 11.7. The Morgan fingerprint density at radius 2 is 1.52 bits per heavy atom. The van der Waals surface area contributed by atoms with Gasteiger partial charge in [0.05, 0.1) is 0 Å². The molecule has 0 fully saturated rings. The fraction of sp³-hybridized carbons (Fsp3) is 0.690. The molecule has 4 N–H and O–H groups in total. The van der Waals surface area contributed by atoms with Gasteiger partial charge in [-0.3, -0.25) is 33.7 Å². The van der Waals surface area contributed by atoms with Crippen molar-refractivity contribution in [2.75, 3.05) is 13.1 Å². The third-order valence-electron chi connectivity index (χ3n) is 6.36. The molecule has 1 heterocycles. The predicted molar refractivity (Wildman–Crippen MR) is 154 cm³/mol. The highest BCUT2D eigenvalue weighted by Gasteiger charge is 2.30. The summed E-state index contributed by atoms with van der Waals surface area (Å²) in [6, 6.07) is -2.82. The molecule has 236 valence electrons. The fourth-order valence-electron chi connectivity index (χ4n) is 4.09. The first kappa shape index (κ1) is 36.3. The minimum absolute atomic E-state index is 0.159. The van der Waals surface area contributed by atoms with E-state index in [9.17, 15) is 33.6 Å². The normalized spacial score (nSPS) is 15.2. The van der Waals surface area contributed by atoms with E-state index in [1.165, 1.54) is 19.1 Å². The number of amides is 6. The average Bonchev–Trinajstić information content (AvgIpc) is 3.21. The maximum Gasteiger partial charge on any atom is 0.329 e. The zero-order valence-electron chi connectivity index (χ0n) is 25.6. The molecule has 0 aromatic heterocycles. The molecule has 0 unspecified atom stereocenters. The van der Waals surface area contributed by atoms with Crippen molar-refractivity contribution in [2.24, 2.45) is 5.92 Å². The van der Waals surface area contributed by atoms with Crippen LogP contribution < -0.4 is 21.3 Å². The third-order valence-corrected chi connectivity index (χ3v) is 6.36. The van der Waals surface area contributed by atoms with Gasteiger partial charge in [0, 0.05) is 31.7 Å². The Balaban J connectivity index is 2.60. The van der Waals surface area contributed by atoms with Gasteiger partial charge in [-0.25, -0.2) is 4.79 Å². The summed E-state index contributed by atoms with van der Waals surface area (Å²) in [6.07, 6.45) is 6.33. The summed E-state index contributed by atoms with van der Waals surface area (Å²) >= 11 is 0. The van der Waals surface area contributed by atoms with Crippen molar-refractivity contribution in [3.05, 3.63) is 12.2 Å². The number of esters is 1. The number of nitrogens with one attached hydrogen (secondary N) is 4. The highest BCUT2D eigenvalue weighted by molar-refractivity contribution is 6.12. The molecular weight excluding hydrogens is 546 g/mol. The van der Waals surface area contributed by atoms with Crippen molar-refractivity contribution in [3.63, 3.8) is 0 Å². The zero-order valence-corrected chi connectivity index (χ0v) is 25.6. The minimum atomic E-state index is -0.997. The maximum absolute atomic E-state index is 13.0. The number of nitrogens with zero attached hydrogens (tertiary/aromatic N) is 1. The van der Waals surface area contributed by atoms with Crippen molar-refractivity contribution in [1.82, 2.24) is 26.2 Å². The Hall–Kier alpha value is -3.77. The number of carbonyl (C=O) groups excluding carboxylic acids is 7. The summed E-state index contributed by atoms with van der Waals surface area (Å²) in [5.41, 5.74) is -0.759. The molecule has 0 saturated carbocycles. The molecule has 0 aromatic carbocycles. The van der Waals surface area contributed by atoms with Crippen molar-refractivity contribution >= 4 is 41.9 Å². The van der Waals surface area contributed by atoms with Crippen LogP contribution in [-0.2, 0) is 38.3 Å². The van der Waals surface area contributed by atoms with Gasteiger partial charge in [0.2, 0.25) is 24.1 Å². The Morgan fingerprint density at radius 1 is 0.881 bits per heavy atom. The van der Waals surface area contributed by atoms with E-state index in [-0.39, 0.29) is 43.0 Å². The Labute approximate surface area is 247 Å². The first-order chi connectivity index (χ1) is 19.7. The Bertz CT molecular complexity index is 986. The van der Waals surface area contributed by atoms with E-state index < -0.39 is 41.5 Å². The van der Waals surface area contributed by atoms with Crippen LogP contribution in [-0.4, -0.2) is 83.6 Å². The average molecular weight is 594 g/mol. The van der Waals surface area contributed by atoms with Crippen LogP contribution in [0.1, 0.15) is 86.5 Å². The molecule has 0 bridgehead atoms. The molecule has 3 atom stereocenters. The molecule has 13 nitrogen and oxygen atoms in total. The molecule has 0 radical (unpaired) electrons. The molecule has 0 saturated heterocycles. The second kappa shape index (κ2) is 17.9. The van der Waals surface area contributed by atoms with Crippen LogP contribution in [0.3, 0.4) is 0 Å². The van der Waals surface area contributed by atoms with Gasteiger partial charge in [-0.05, 0) is 65.7 Å². The number of imide groups is 1. The SMILES string of the molecule is CC(C)[C@H](NC(=O)CCCCCN1C(=O)C=CC1=O)C(=O)N[C@@H](C)C(=O)N[C@@H](CCCCNC=O)C(=O)OC(C)(C)C. The number of carbonyl (C=O) groups is 7. The van der Waals surface area contributed by atoms with Crippen LogP contribution >= 0.6 is 0 Å². The fourth-order valence-corrected chi connectivity index (χ4v) is 4.09. The molecule has 1 aliphatic heterocycles. The van der Waals surface area contributed by atoms with Gasteiger partial charge < -0.3 is 26.0 Å². The van der Waals surface area contributed by atoms with Crippen LogP contribution in [0.25, 0.3) is 0 Å². The standard InChI is InChI=1S/C29H47N5O8/c1-19(2)25(33-22(36)13-8-7-11-17-34-23(37)14-15-24(34)38)27(40)31-20(3)26(39)32-21(12-9-10-16-30-18-35)28(41)42-29(4,5)6/h14-15,18-21,25H,7-13,16-17H2,1-6H3,(H,30,35)(H,31,40)(H,32,39)(H,33,36)/t20-,21-,25-/m0/s1. The number of hydrogen-bond acceptors (Lipinski definition) is 8. The van der Waals surface area contributed by atoms with Crippen LogP contribution in [0.2, 0.25) is 0 Å². The first-order valence-electron chi connectivity index (χ1n) is 14.5. The van der Waals surface area contributed by atoms with E-state index in [1.54, 1.807) is 34.6 Å². The second-order valence-electron chi connectivity index (χ2n) is 11.7. The summed E-state index contributed by atoms with van der Waals surface area (Å²) in [5.74, 6) is -2.98. The summed E-state index contributed by atoms with van der Waals surface area (Å²) in [5, 5.41) is 10.5. The topological polar surface area (TPSA) is 180 Å². The lowest BCUT2D eigenvalue weighted by Crippen LogP contribution is -2.56. The van der Waals surface area contributed by atoms with Crippen molar-refractivity contribution in [1.29, 1.82) is 0 Å². The van der Waals surface area contributed by atoms with Crippen LogP contribution in [0.4, 0.5) is 0 Å². The molecule has 0 aromatic rings. The smallest absolute Gasteiger partial charge is 0.329 e. The van der Waals surface area contributed by atoms with E-state index in [0.717, 1.165) is 4.90 Å². The van der Waals surface area contributed by atoms with Crippen LogP contribution in [0, 0.1) is 5.92 Å². The lowest BCUT2D eigenvalue weighted by molar-refractivity contribution is -0.159. The van der Waals surface area contributed by atoms with E-state index in [1.807, 2.05) is 0 Å². The Morgan fingerprint density at radius 3 is 2.10 bits per heavy atom. The highest BCUT2D eigenvalue weighted by Crippen LogP contribution is 2.12. The monoisotopic (exact) mass is 593 g/mol. The van der Waals surface area contributed by atoms with Crippen LogP contribution in [0.5, 0.6) is 0 Å². The first-order valence-corrected chi connectivity index (χ1v) is 14.5. The summed E-state index contributed by atoms with van der Waals surface area (Å²) < 4.78 is 5.44. The van der Waals surface area contributed by atoms with Gasteiger partial charge in [0.25, 0.3) is 11.8 Å². The molecule has 42 heavy (non-hydrogen) atoms. The lowest BCUT2D eigenvalue weighted by Gasteiger charge is -2.27. The van der Waals surface area contributed by atoms with E-state index >= 15 is 0 Å². The van der Waals surface area contributed by atoms with Crippen molar-refractivity contribution in [2.45, 2.75) is 110 Å². The van der Waals surface area contributed by atoms with Crippen molar-refractivity contribution in [3.8, 4) is 0 Å². The predicted octanol–water partition coefficient (Wildman–Crippen LogP) is 0.860. The van der Waals surface area contributed by atoms with Crippen molar-refractivity contribution < 1.29 is 38.3 Å². The maximum atomic E-state index is 13.0. The summed E-state index contributed by atoms with van der Waals surface area (Å²) in [7, 11) is 0. The van der Waals surface area contributed by atoms with Gasteiger partial charge in [0.1, 0.15) is 23.7 Å². The molecule has 0 spiro atoms. The van der Waals surface area contributed by atoms with Crippen LogP contribution in [0.15, 0.2) is 12.2 Å². The minimum Gasteiger partial charge on any atom is -0.458 e. The van der Waals surface area contributed by atoms with Gasteiger partial charge in [-0.2, -0.15) is 0 Å². The molecule has 1 aliphatic rings. The number of rotatable bonds is 19. The Kier molecular flexibility index (Phi) is 15.5. The molecular formula is C29H47N5O8. The van der Waals surface area contributed by atoms with Gasteiger partial charge >= 0.3 is 5.97 Å². The molecule has 13 heteroatoms. The molecule has 1 rings (SSSR count). The van der Waals surface area contributed by atoms with Gasteiger partial charge in [-0.15, -0.1) is 0 Å². The number of ether oxygens (including phenoxy) is 1.